The molecule has 1 aromatic carbocycles. The van der Waals surface area contributed by atoms with Crippen LogP contribution in [0.3, 0.4) is 0 Å². The van der Waals surface area contributed by atoms with Crippen LogP contribution in [0.1, 0.15) is 38.3 Å². The van der Waals surface area contributed by atoms with Crippen LogP contribution in [0.4, 0.5) is 10.5 Å². The lowest BCUT2D eigenvalue weighted by Crippen LogP contribution is -3.00. The molecule has 200 valence electrons. The van der Waals surface area contributed by atoms with Crippen molar-refractivity contribution in [3.63, 3.8) is 0 Å². The molecular weight excluding hydrogens is 599 g/mol. The Balaban J connectivity index is 0.00000320. The molecule has 0 atom stereocenters. The summed E-state index contributed by atoms with van der Waals surface area (Å²) in [5, 5.41) is 1.25. The predicted octanol–water partition coefficient (Wildman–Crippen LogP) is 1.27. The Bertz CT molecular complexity index is 1330. The molecule has 0 spiro atoms. The van der Waals surface area contributed by atoms with Crippen LogP contribution in [0.25, 0.3) is 20.8 Å². The molecule has 0 aromatic heterocycles. The molecule has 1 aromatic rings. The van der Waals surface area contributed by atoms with Gasteiger partial charge in [0.15, 0.2) is 13.1 Å². The van der Waals surface area contributed by atoms with Crippen LogP contribution >= 0.6 is 11.3 Å². The molecule has 0 N–H and O–H groups in total. The molecule has 0 saturated carbocycles. The Morgan fingerprint density at radius 2 is 1.78 bits per heavy atom. The zero-order valence-corrected chi connectivity index (χ0v) is 25.4. The van der Waals surface area contributed by atoms with E-state index in [0.29, 0.717) is 6.54 Å². The number of benzene rings is 2. The van der Waals surface area contributed by atoms with E-state index < -0.39 is 5.60 Å². The van der Waals surface area contributed by atoms with Gasteiger partial charge in [0, 0.05) is 44.0 Å². The second kappa shape index (κ2) is 11.4. The summed E-state index contributed by atoms with van der Waals surface area (Å²) in [5.74, 6) is 0. The number of aromatic nitrogens is 1. The van der Waals surface area contributed by atoms with Gasteiger partial charge in [0.2, 0.25) is 5.36 Å². The van der Waals surface area contributed by atoms with Gasteiger partial charge in [-0.3, -0.25) is 0 Å². The van der Waals surface area contributed by atoms with Gasteiger partial charge >= 0.3 is 6.09 Å². The number of halogens is 1. The normalized spacial score (nSPS) is 17.1. The number of ether oxygens (including phenoxy) is 2. The van der Waals surface area contributed by atoms with Crippen molar-refractivity contribution in [1.29, 1.82) is 0 Å². The van der Waals surface area contributed by atoms with Crippen LogP contribution in [-0.2, 0) is 9.47 Å². The fraction of sp³-hybridized carbons (Fsp3) is 0.536. The van der Waals surface area contributed by atoms with Gasteiger partial charge in [-0.1, -0.05) is 0 Å². The first-order chi connectivity index (χ1) is 17.2. The van der Waals surface area contributed by atoms with Crippen LogP contribution < -0.4 is 38.8 Å². The summed E-state index contributed by atoms with van der Waals surface area (Å²) in [6.45, 7) is 16.5. The van der Waals surface area contributed by atoms with Crippen molar-refractivity contribution < 1.29 is 38.2 Å². The number of anilines is 1. The lowest BCUT2D eigenvalue weighted by atomic mass is 10.1. The molecule has 1 amide bonds. The number of amides is 1. The van der Waals surface area contributed by atoms with E-state index in [0.717, 1.165) is 63.6 Å². The van der Waals surface area contributed by atoms with Gasteiger partial charge in [-0.25, -0.2) is 14.4 Å². The van der Waals surface area contributed by atoms with E-state index in [9.17, 15) is 4.79 Å². The molecule has 9 heteroatoms. The first-order valence-electron chi connectivity index (χ1n) is 12.9. The van der Waals surface area contributed by atoms with Gasteiger partial charge in [0.1, 0.15) is 18.8 Å². The largest absolute Gasteiger partial charge is 1.00 e. The topological polar surface area (TPSA) is 57.9 Å². The maximum Gasteiger partial charge on any atom is 0.410 e. The minimum absolute atomic E-state index is 0. The lowest BCUT2D eigenvalue weighted by molar-refractivity contribution is -0.0000481. The average molecular weight is 637 g/mol. The van der Waals surface area contributed by atoms with Gasteiger partial charge < -0.3 is 43.3 Å². The molecule has 2 fully saturated rings. The number of carbonyl (C=O) groups excluding carboxylic acids is 1. The molecule has 5 rings (SSSR count). The molecule has 1 aliphatic carbocycles. The van der Waals surface area contributed by atoms with Crippen molar-refractivity contribution in [2.45, 2.75) is 46.6 Å². The number of morpholine rings is 1. The summed E-state index contributed by atoms with van der Waals surface area (Å²) in [7, 11) is 0. The number of fused-ring (bicyclic) bond motifs is 2. The fourth-order valence-corrected chi connectivity index (χ4v) is 6.20. The summed E-state index contributed by atoms with van der Waals surface area (Å²) in [6, 6.07) is 9.07. The van der Waals surface area contributed by atoms with E-state index in [-0.39, 0.29) is 30.1 Å². The highest BCUT2D eigenvalue weighted by molar-refractivity contribution is 7.21. The zero-order chi connectivity index (χ0) is 25.4. The monoisotopic (exact) mass is 636 g/mol. The van der Waals surface area contributed by atoms with E-state index in [1.165, 1.54) is 31.7 Å². The Kier molecular flexibility index (Phi) is 8.65. The van der Waals surface area contributed by atoms with Crippen molar-refractivity contribution in [3.05, 3.63) is 40.7 Å². The lowest BCUT2D eigenvalue weighted by Gasteiger charge is -2.27. The number of carbonyl (C=O) groups is 1. The summed E-state index contributed by atoms with van der Waals surface area (Å²) >= 11 is 1.82. The second-order valence-electron chi connectivity index (χ2n) is 10.8. The van der Waals surface area contributed by atoms with Crippen molar-refractivity contribution >= 4 is 33.3 Å². The van der Waals surface area contributed by atoms with Gasteiger partial charge in [0.25, 0.3) is 0 Å². The summed E-state index contributed by atoms with van der Waals surface area (Å²) in [5.41, 5.74) is 5.28. The Morgan fingerprint density at radius 3 is 2.51 bits per heavy atom. The summed E-state index contributed by atoms with van der Waals surface area (Å²) < 4.78 is 14.8. The quantitative estimate of drug-likeness (QED) is 0.229. The minimum atomic E-state index is -0.476. The highest BCUT2D eigenvalue weighted by Crippen LogP contribution is 2.35. The molecule has 7 nitrogen and oxygen atoms in total. The van der Waals surface area contributed by atoms with E-state index >= 15 is 0 Å². The van der Waals surface area contributed by atoms with Gasteiger partial charge in [-0.15, -0.1) is 11.3 Å². The summed E-state index contributed by atoms with van der Waals surface area (Å²) in [4.78, 5) is 23.2. The van der Waals surface area contributed by atoms with Crippen LogP contribution in [0.15, 0.2) is 24.3 Å². The molecule has 0 unspecified atom stereocenters. The van der Waals surface area contributed by atoms with E-state index in [1.54, 1.807) is 0 Å². The van der Waals surface area contributed by atoms with E-state index in [2.05, 4.69) is 47.6 Å². The molecule has 4 aliphatic rings. The SMILES string of the molecule is Cc1cc(=[N+]2CCOCC2)cc2sc3cc(N4CCCN(C(=O)OC(C)(C)C)CC4)cc(C)c3nc1-2.[I-]. The smallest absolute Gasteiger partial charge is 0.410 e. The van der Waals surface area contributed by atoms with E-state index in [1.807, 2.05) is 37.0 Å². The Labute approximate surface area is 240 Å². The Hall–Kier alpha value is -1.98. The van der Waals surface area contributed by atoms with Crippen LogP contribution in [0.5, 0.6) is 0 Å². The molecule has 0 bridgehead atoms. The Morgan fingerprint density at radius 1 is 1.03 bits per heavy atom. The van der Waals surface area contributed by atoms with Crippen molar-refractivity contribution in [2.24, 2.45) is 0 Å². The minimum Gasteiger partial charge on any atom is -1.00 e. The van der Waals surface area contributed by atoms with Gasteiger partial charge in [0.05, 0.1) is 20.8 Å². The molecular formula is C28H37IN4O3S. The maximum absolute atomic E-state index is 12.6. The van der Waals surface area contributed by atoms with E-state index in [4.69, 9.17) is 14.5 Å². The molecule has 2 saturated heterocycles. The number of hydrogen-bond acceptors (Lipinski definition) is 6. The highest BCUT2D eigenvalue weighted by atomic mass is 127. The number of hydrogen-bond donors (Lipinski definition) is 0. The third-order valence-electron chi connectivity index (χ3n) is 6.83. The molecule has 3 heterocycles. The van der Waals surface area contributed by atoms with Crippen molar-refractivity contribution in [2.75, 3.05) is 57.4 Å². The first kappa shape index (κ1) is 28.0. The van der Waals surface area contributed by atoms with Crippen molar-refractivity contribution in [1.82, 2.24) is 14.5 Å². The summed E-state index contributed by atoms with van der Waals surface area (Å²) in [6.07, 6.45) is 0.695. The number of rotatable bonds is 1. The number of nitrogens with zero attached hydrogens (tertiary/aromatic N) is 4. The highest BCUT2D eigenvalue weighted by Gasteiger charge is 2.25. The molecule has 37 heavy (non-hydrogen) atoms. The first-order valence-corrected chi connectivity index (χ1v) is 13.7. The third-order valence-corrected chi connectivity index (χ3v) is 7.90. The van der Waals surface area contributed by atoms with Crippen LogP contribution in [0, 0.1) is 13.8 Å². The maximum atomic E-state index is 12.6. The fourth-order valence-electron chi connectivity index (χ4n) is 5.00. The standard InChI is InChI=1S/C28H37N4O3S.HI/c1-19-15-21(30-7-6-8-32(10-9-30)27(33)35-28(3,4)5)17-23-25(19)29-26-20(2)16-22(18-24(26)36-23)31-11-13-34-14-12-31;/h15-18H,6-14H2,1-5H3;1H/q+1;/p-1. The molecule has 3 aliphatic heterocycles. The second-order valence-corrected chi connectivity index (χ2v) is 11.9. The van der Waals surface area contributed by atoms with Gasteiger partial charge in [-0.05, 0) is 64.3 Å². The van der Waals surface area contributed by atoms with Crippen LogP contribution in [-0.4, -0.2) is 74.1 Å². The van der Waals surface area contributed by atoms with Crippen molar-refractivity contribution in [3.8, 4) is 10.6 Å². The average Bonchev–Trinajstić information content (AvgIpc) is 3.09. The molecule has 0 radical (unpaired) electrons. The zero-order valence-electron chi connectivity index (χ0n) is 22.5. The third kappa shape index (κ3) is 6.37. The predicted molar refractivity (Wildman–Crippen MR) is 146 cm³/mol. The number of aryl methyl sites for hydroxylation is 2. The van der Waals surface area contributed by atoms with Crippen LogP contribution in [0.2, 0.25) is 0 Å². The van der Waals surface area contributed by atoms with Gasteiger partial charge in [-0.2, -0.15) is 0 Å².